The number of anilines is 1. The molecule has 3 N–H and O–H groups in total. The summed E-state index contributed by atoms with van der Waals surface area (Å²) >= 11 is 0. The summed E-state index contributed by atoms with van der Waals surface area (Å²) < 4.78 is 5.60. The average molecular weight is 357 g/mol. The number of aryl methyl sites for hydroxylation is 1. The van der Waals surface area contributed by atoms with Gasteiger partial charge in [0, 0.05) is 6.42 Å². The third kappa shape index (κ3) is 6.12. The lowest BCUT2D eigenvalue weighted by Crippen LogP contribution is -2.13. The molecule has 2 aromatic carbocycles. The summed E-state index contributed by atoms with van der Waals surface area (Å²) in [5.74, 6) is -0.573. The normalized spacial score (nSPS) is 10.3. The Morgan fingerprint density at radius 1 is 1.08 bits per heavy atom. The molecule has 0 heterocycles. The molecule has 0 bridgehead atoms. The van der Waals surface area contributed by atoms with E-state index in [1.165, 1.54) is 23.8 Å². The van der Waals surface area contributed by atoms with Gasteiger partial charge >= 0.3 is 5.97 Å². The van der Waals surface area contributed by atoms with Crippen molar-refractivity contribution in [3.05, 3.63) is 53.6 Å². The van der Waals surface area contributed by atoms with E-state index >= 15 is 0 Å². The Balaban J connectivity index is 1.78. The lowest BCUT2D eigenvalue weighted by atomic mass is 10.1. The number of carboxylic acids is 1. The molecule has 6 heteroatoms. The van der Waals surface area contributed by atoms with Crippen LogP contribution in [-0.2, 0) is 22.4 Å². The molecule has 0 aliphatic heterocycles. The molecule has 0 aliphatic rings. The molecule has 6 nitrogen and oxygen atoms in total. The van der Waals surface area contributed by atoms with E-state index in [-0.39, 0.29) is 30.2 Å². The number of hydrogen-bond donors (Lipinski definition) is 3. The molecule has 0 atom stereocenters. The third-order valence-electron chi connectivity index (χ3n) is 3.84. The Kier molecular flexibility index (Phi) is 7.02. The highest BCUT2D eigenvalue weighted by molar-refractivity contribution is 5.92. The number of aliphatic carboxylic acids is 1. The number of carbonyl (C=O) groups is 2. The van der Waals surface area contributed by atoms with Gasteiger partial charge in [-0.15, -0.1) is 0 Å². The molecule has 1 amide bonds. The molecule has 0 spiro atoms. The predicted octanol–water partition coefficient (Wildman–Crippen LogP) is 3.38. The molecule has 138 valence electrons. The Labute approximate surface area is 152 Å². The van der Waals surface area contributed by atoms with Crippen molar-refractivity contribution in [2.24, 2.45) is 0 Å². The van der Waals surface area contributed by atoms with Gasteiger partial charge in [-0.1, -0.05) is 25.1 Å². The Bertz CT molecular complexity index is 755. The molecule has 2 rings (SSSR count). The lowest BCUT2D eigenvalue weighted by Gasteiger charge is -2.10. The number of phenolic OH excluding ortho intramolecular Hbond substituents is 1. The summed E-state index contributed by atoms with van der Waals surface area (Å²) in [6.45, 7) is 2.49. The van der Waals surface area contributed by atoms with Crippen molar-refractivity contribution in [3.8, 4) is 11.5 Å². The number of benzene rings is 2. The zero-order chi connectivity index (χ0) is 18.9. The number of rotatable bonds is 9. The van der Waals surface area contributed by atoms with Crippen LogP contribution >= 0.6 is 0 Å². The Morgan fingerprint density at radius 3 is 2.42 bits per heavy atom. The number of amides is 1. The monoisotopic (exact) mass is 357 g/mol. The lowest BCUT2D eigenvalue weighted by molar-refractivity contribution is -0.136. The maximum Gasteiger partial charge on any atom is 0.307 e. The summed E-state index contributed by atoms with van der Waals surface area (Å²) in [6, 6.07) is 12.2. The molecule has 0 aliphatic carbocycles. The Morgan fingerprint density at radius 2 is 1.77 bits per heavy atom. The second-order valence-corrected chi connectivity index (χ2v) is 5.92. The van der Waals surface area contributed by atoms with Gasteiger partial charge in [-0.05, 0) is 48.2 Å². The van der Waals surface area contributed by atoms with Crippen LogP contribution in [-0.4, -0.2) is 28.7 Å². The van der Waals surface area contributed by atoms with E-state index in [0.29, 0.717) is 18.6 Å². The number of carbonyl (C=O) groups excluding carboxylic acids is 1. The molecule has 0 aromatic heterocycles. The minimum Gasteiger partial charge on any atom is -0.506 e. The van der Waals surface area contributed by atoms with Crippen molar-refractivity contribution < 1.29 is 24.5 Å². The second kappa shape index (κ2) is 9.46. The van der Waals surface area contributed by atoms with Gasteiger partial charge in [0.15, 0.2) is 0 Å². The van der Waals surface area contributed by atoms with E-state index in [0.717, 1.165) is 12.2 Å². The fourth-order valence-electron chi connectivity index (χ4n) is 2.42. The number of hydrogen-bond acceptors (Lipinski definition) is 4. The zero-order valence-electron chi connectivity index (χ0n) is 14.7. The van der Waals surface area contributed by atoms with Crippen LogP contribution in [0.15, 0.2) is 42.5 Å². The highest BCUT2D eigenvalue weighted by Gasteiger charge is 2.09. The molecule has 0 fully saturated rings. The van der Waals surface area contributed by atoms with Crippen molar-refractivity contribution in [2.75, 3.05) is 11.9 Å². The van der Waals surface area contributed by atoms with Crippen molar-refractivity contribution in [3.63, 3.8) is 0 Å². The maximum atomic E-state index is 12.0. The molecular formula is C20H23NO5. The van der Waals surface area contributed by atoms with E-state index in [4.69, 9.17) is 9.84 Å². The van der Waals surface area contributed by atoms with Crippen LogP contribution < -0.4 is 10.1 Å². The minimum atomic E-state index is -0.975. The zero-order valence-corrected chi connectivity index (χ0v) is 14.7. The van der Waals surface area contributed by atoms with Gasteiger partial charge in [0.05, 0.1) is 18.7 Å². The largest absolute Gasteiger partial charge is 0.506 e. The smallest absolute Gasteiger partial charge is 0.307 e. The quantitative estimate of drug-likeness (QED) is 0.472. The fourth-order valence-corrected chi connectivity index (χ4v) is 2.42. The van der Waals surface area contributed by atoms with E-state index in [1.807, 2.05) is 24.3 Å². The van der Waals surface area contributed by atoms with Crippen LogP contribution in [0.25, 0.3) is 0 Å². The highest BCUT2D eigenvalue weighted by atomic mass is 16.5. The number of aromatic hydroxyl groups is 1. The average Bonchev–Trinajstić information content (AvgIpc) is 2.61. The molecule has 26 heavy (non-hydrogen) atoms. The van der Waals surface area contributed by atoms with Gasteiger partial charge in [-0.25, -0.2) is 0 Å². The molecule has 0 saturated carbocycles. The first kappa shape index (κ1) is 19.3. The molecule has 0 unspecified atom stereocenters. The van der Waals surface area contributed by atoms with Gasteiger partial charge in [0.25, 0.3) is 0 Å². The van der Waals surface area contributed by atoms with E-state index in [2.05, 4.69) is 12.2 Å². The molecule has 0 radical (unpaired) electrons. The topological polar surface area (TPSA) is 95.9 Å². The van der Waals surface area contributed by atoms with E-state index in [9.17, 15) is 14.7 Å². The fraction of sp³-hybridized carbons (Fsp3) is 0.300. The van der Waals surface area contributed by atoms with Gasteiger partial charge in [-0.3, -0.25) is 9.59 Å². The first-order valence-electron chi connectivity index (χ1n) is 8.53. The van der Waals surface area contributed by atoms with E-state index in [1.54, 1.807) is 0 Å². The standard InChI is InChI=1S/C20H23NO5/c1-2-14-5-8-16(9-6-14)26-11-3-4-19(23)21-17-12-15(13-20(24)25)7-10-18(17)22/h5-10,12,22H,2-4,11,13H2,1H3,(H,21,23)(H,24,25). The van der Waals surface area contributed by atoms with E-state index < -0.39 is 5.97 Å². The summed E-state index contributed by atoms with van der Waals surface area (Å²) in [5.41, 5.74) is 1.95. The predicted molar refractivity (Wildman–Crippen MR) is 98.6 cm³/mol. The Hall–Kier alpha value is -3.02. The van der Waals surface area contributed by atoms with Crippen LogP contribution in [0.1, 0.15) is 30.9 Å². The number of carboxylic acid groups (broad SMARTS) is 1. The first-order chi connectivity index (χ1) is 12.5. The van der Waals surface area contributed by atoms with Crippen LogP contribution in [0, 0.1) is 0 Å². The van der Waals surface area contributed by atoms with Crippen molar-refractivity contribution in [1.82, 2.24) is 0 Å². The maximum absolute atomic E-state index is 12.0. The highest BCUT2D eigenvalue weighted by Crippen LogP contribution is 2.24. The van der Waals surface area contributed by atoms with Crippen LogP contribution in [0.5, 0.6) is 11.5 Å². The van der Waals surface area contributed by atoms with Crippen molar-refractivity contribution in [2.45, 2.75) is 32.6 Å². The summed E-state index contributed by atoms with van der Waals surface area (Å²) in [4.78, 5) is 22.7. The van der Waals surface area contributed by atoms with Gasteiger partial charge in [-0.2, -0.15) is 0 Å². The summed E-state index contributed by atoms with van der Waals surface area (Å²) in [5, 5.41) is 21.2. The van der Waals surface area contributed by atoms with Gasteiger partial charge in [0.1, 0.15) is 11.5 Å². The third-order valence-corrected chi connectivity index (χ3v) is 3.84. The molecule has 0 saturated heterocycles. The molecule has 2 aromatic rings. The minimum absolute atomic E-state index is 0.0975. The van der Waals surface area contributed by atoms with Crippen LogP contribution in [0.2, 0.25) is 0 Å². The van der Waals surface area contributed by atoms with Crippen molar-refractivity contribution >= 4 is 17.6 Å². The first-order valence-corrected chi connectivity index (χ1v) is 8.53. The second-order valence-electron chi connectivity index (χ2n) is 5.92. The SMILES string of the molecule is CCc1ccc(OCCCC(=O)Nc2cc(CC(=O)O)ccc2O)cc1. The summed E-state index contributed by atoms with van der Waals surface area (Å²) in [7, 11) is 0. The van der Waals surface area contributed by atoms with Gasteiger partial charge in [0.2, 0.25) is 5.91 Å². The van der Waals surface area contributed by atoms with Gasteiger partial charge < -0.3 is 20.3 Å². The number of ether oxygens (including phenoxy) is 1. The number of phenols is 1. The number of nitrogens with one attached hydrogen (secondary N) is 1. The van der Waals surface area contributed by atoms with Crippen LogP contribution in [0.3, 0.4) is 0 Å². The molecular weight excluding hydrogens is 334 g/mol. The van der Waals surface area contributed by atoms with Crippen molar-refractivity contribution in [1.29, 1.82) is 0 Å². The van der Waals surface area contributed by atoms with Crippen LogP contribution in [0.4, 0.5) is 5.69 Å². The summed E-state index contributed by atoms with van der Waals surface area (Å²) in [6.07, 6.45) is 1.56.